The topological polar surface area (TPSA) is 113 Å². The fraction of sp³-hybridized carbons (Fsp3) is 0.0769. The second-order valence-electron chi connectivity index (χ2n) is 3.83. The van der Waals surface area contributed by atoms with E-state index in [1.54, 1.807) is 0 Å². The first-order valence-electron chi connectivity index (χ1n) is 5.78. The molecule has 0 aliphatic heterocycles. The van der Waals surface area contributed by atoms with Crippen molar-refractivity contribution in [3.8, 4) is 0 Å². The normalized spacial score (nSPS) is 11.2. The number of amides is 1. The van der Waals surface area contributed by atoms with E-state index in [-0.39, 0.29) is 11.4 Å². The van der Waals surface area contributed by atoms with Crippen LogP contribution >= 0.6 is 0 Å². The number of nitrogens with one attached hydrogen (secondary N) is 2. The number of carbonyl (C=O) groups excluding carboxylic acids is 1. The van der Waals surface area contributed by atoms with E-state index in [1.807, 2.05) is 0 Å². The molecule has 21 heavy (non-hydrogen) atoms. The number of sulfonamides is 1. The van der Waals surface area contributed by atoms with Crippen molar-refractivity contribution in [2.45, 2.75) is 4.90 Å². The average Bonchev–Trinajstić information content (AvgIpc) is 2.43. The van der Waals surface area contributed by atoms with E-state index in [0.29, 0.717) is 11.8 Å². The minimum atomic E-state index is -3.61. The van der Waals surface area contributed by atoms with E-state index in [4.69, 9.17) is 5.11 Å². The number of anilines is 1. The number of hydrogen-bond donors (Lipinski definition) is 3. The van der Waals surface area contributed by atoms with Gasteiger partial charge in [-0.25, -0.2) is 17.9 Å². The van der Waals surface area contributed by atoms with Crippen LogP contribution in [0.4, 0.5) is 5.69 Å². The lowest BCUT2D eigenvalue weighted by Gasteiger charge is -2.06. The van der Waals surface area contributed by atoms with Crippen LogP contribution in [0.3, 0.4) is 0 Å². The summed E-state index contributed by atoms with van der Waals surface area (Å²) in [5.74, 6) is -1.86. The highest BCUT2D eigenvalue weighted by atomic mass is 32.2. The summed E-state index contributed by atoms with van der Waals surface area (Å²) in [6.07, 6.45) is 2.98. The zero-order valence-corrected chi connectivity index (χ0v) is 11.8. The zero-order chi connectivity index (χ0) is 15.9. The third-order valence-corrected chi connectivity index (χ3v) is 3.67. The van der Waals surface area contributed by atoms with Gasteiger partial charge in [-0.2, -0.15) is 0 Å². The van der Waals surface area contributed by atoms with Crippen molar-refractivity contribution >= 4 is 27.6 Å². The van der Waals surface area contributed by atoms with E-state index < -0.39 is 21.9 Å². The van der Waals surface area contributed by atoms with Gasteiger partial charge in [-0.3, -0.25) is 4.79 Å². The van der Waals surface area contributed by atoms with Crippen LogP contribution in [0.15, 0.2) is 54.0 Å². The Morgan fingerprint density at radius 3 is 2.33 bits per heavy atom. The SMILES string of the molecule is C=CCNS(=O)(=O)c1ccc(NC(=O)/C=C/C(=O)O)cc1. The van der Waals surface area contributed by atoms with Crippen LogP contribution in [0.25, 0.3) is 0 Å². The van der Waals surface area contributed by atoms with Gasteiger partial charge in [0.15, 0.2) is 0 Å². The molecule has 1 aromatic rings. The highest BCUT2D eigenvalue weighted by Crippen LogP contribution is 2.13. The van der Waals surface area contributed by atoms with Crippen LogP contribution in [0.1, 0.15) is 0 Å². The Hall–Kier alpha value is -2.45. The van der Waals surface area contributed by atoms with Crippen LogP contribution in [0.2, 0.25) is 0 Å². The molecule has 8 heteroatoms. The summed E-state index contributed by atoms with van der Waals surface area (Å²) in [4.78, 5) is 21.6. The van der Waals surface area contributed by atoms with E-state index >= 15 is 0 Å². The molecule has 1 rings (SSSR count). The molecule has 0 spiro atoms. The molecule has 0 aliphatic carbocycles. The Kier molecular flexibility index (Phi) is 5.82. The van der Waals surface area contributed by atoms with Gasteiger partial charge in [-0.05, 0) is 24.3 Å². The van der Waals surface area contributed by atoms with Crippen molar-refractivity contribution in [2.24, 2.45) is 0 Å². The number of aliphatic carboxylic acids is 1. The Morgan fingerprint density at radius 2 is 1.81 bits per heavy atom. The van der Waals surface area contributed by atoms with Gasteiger partial charge in [0.25, 0.3) is 0 Å². The summed E-state index contributed by atoms with van der Waals surface area (Å²) in [6.45, 7) is 3.52. The molecule has 0 atom stereocenters. The molecule has 0 aromatic heterocycles. The largest absolute Gasteiger partial charge is 0.478 e. The fourth-order valence-electron chi connectivity index (χ4n) is 1.30. The van der Waals surface area contributed by atoms with E-state index in [9.17, 15) is 18.0 Å². The molecule has 0 unspecified atom stereocenters. The second-order valence-corrected chi connectivity index (χ2v) is 5.59. The van der Waals surface area contributed by atoms with Gasteiger partial charge in [0.1, 0.15) is 0 Å². The number of carbonyl (C=O) groups is 2. The Labute approximate surface area is 122 Å². The minimum Gasteiger partial charge on any atom is -0.478 e. The molecule has 0 bridgehead atoms. The number of hydrogen-bond acceptors (Lipinski definition) is 4. The van der Waals surface area contributed by atoms with Crippen LogP contribution in [-0.2, 0) is 19.6 Å². The van der Waals surface area contributed by atoms with Crippen molar-refractivity contribution in [1.29, 1.82) is 0 Å². The summed E-state index contributed by atoms with van der Waals surface area (Å²) < 4.78 is 25.9. The predicted molar refractivity (Wildman–Crippen MR) is 77.2 cm³/mol. The molecule has 0 heterocycles. The third kappa shape index (κ3) is 5.59. The van der Waals surface area contributed by atoms with Crippen molar-refractivity contribution in [1.82, 2.24) is 4.72 Å². The third-order valence-electron chi connectivity index (χ3n) is 2.23. The molecule has 3 N–H and O–H groups in total. The van der Waals surface area contributed by atoms with Crippen LogP contribution in [0.5, 0.6) is 0 Å². The summed E-state index contributed by atoms with van der Waals surface area (Å²) >= 11 is 0. The summed E-state index contributed by atoms with van der Waals surface area (Å²) in [7, 11) is -3.61. The first kappa shape index (κ1) is 16.6. The maximum atomic E-state index is 11.8. The maximum absolute atomic E-state index is 11.8. The van der Waals surface area contributed by atoms with Crippen molar-refractivity contribution in [3.05, 3.63) is 49.1 Å². The Bertz CT molecular complexity index is 662. The molecule has 7 nitrogen and oxygen atoms in total. The Morgan fingerprint density at radius 1 is 1.19 bits per heavy atom. The van der Waals surface area contributed by atoms with Crippen molar-refractivity contribution in [2.75, 3.05) is 11.9 Å². The van der Waals surface area contributed by atoms with Crippen LogP contribution in [0, 0.1) is 0 Å². The van der Waals surface area contributed by atoms with Crippen molar-refractivity contribution < 1.29 is 23.1 Å². The summed E-state index contributed by atoms with van der Waals surface area (Å²) in [5.41, 5.74) is 0.345. The van der Waals surface area contributed by atoms with E-state index in [2.05, 4.69) is 16.6 Å². The Balaban J connectivity index is 2.77. The molecular weight excluding hydrogens is 296 g/mol. The molecule has 0 saturated carbocycles. The fourth-order valence-corrected chi connectivity index (χ4v) is 2.30. The predicted octanol–water partition coefficient (Wildman–Crippen LogP) is 0.730. The zero-order valence-electron chi connectivity index (χ0n) is 10.9. The van der Waals surface area contributed by atoms with E-state index in [1.165, 1.54) is 30.3 Å². The first-order chi connectivity index (χ1) is 9.85. The van der Waals surface area contributed by atoms with Crippen molar-refractivity contribution in [3.63, 3.8) is 0 Å². The highest BCUT2D eigenvalue weighted by Gasteiger charge is 2.12. The molecule has 1 aromatic carbocycles. The monoisotopic (exact) mass is 310 g/mol. The molecule has 0 saturated heterocycles. The number of carboxylic acids is 1. The van der Waals surface area contributed by atoms with Gasteiger partial charge < -0.3 is 10.4 Å². The van der Waals surface area contributed by atoms with Crippen LogP contribution in [-0.4, -0.2) is 31.9 Å². The molecule has 0 radical (unpaired) electrons. The van der Waals surface area contributed by atoms with E-state index in [0.717, 1.165) is 6.08 Å². The lowest BCUT2D eigenvalue weighted by atomic mass is 10.3. The number of carboxylic acid groups (broad SMARTS) is 1. The first-order valence-corrected chi connectivity index (χ1v) is 7.26. The smallest absolute Gasteiger partial charge is 0.328 e. The minimum absolute atomic E-state index is 0.0448. The molecular formula is C13H14N2O5S. The van der Waals surface area contributed by atoms with Gasteiger partial charge >= 0.3 is 5.97 Å². The molecule has 112 valence electrons. The lowest BCUT2D eigenvalue weighted by Crippen LogP contribution is -2.23. The van der Waals surface area contributed by atoms with Gasteiger partial charge in [-0.1, -0.05) is 6.08 Å². The second kappa shape index (κ2) is 7.36. The molecule has 0 fully saturated rings. The standard InChI is InChI=1S/C13H14N2O5S/c1-2-9-14-21(19,20)11-5-3-10(4-6-11)15-12(16)7-8-13(17)18/h2-8,14H,1,9H2,(H,15,16)(H,17,18)/b8-7+. The van der Waals surface area contributed by atoms with Gasteiger partial charge in [-0.15, -0.1) is 6.58 Å². The lowest BCUT2D eigenvalue weighted by molar-refractivity contribution is -0.131. The summed E-state index contributed by atoms with van der Waals surface area (Å²) in [6, 6.07) is 5.44. The van der Waals surface area contributed by atoms with Crippen LogP contribution < -0.4 is 10.0 Å². The quantitative estimate of drug-likeness (QED) is 0.507. The molecule has 1 amide bonds. The highest BCUT2D eigenvalue weighted by molar-refractivity contribution is 7.89. The van der Waals surface area contributed by atoms with Gasteiger partial charge in [0.05, 0.1) is 4.90 Å². The number of benzene rings is 1. The maximum Gasteiger partial charge on any atom is 0.328 e. The summed E-state index contributed by atoms with van der Waals surface area (Å²) in [5, 5.41) is 10.8. The number of rotatable bonds is 7. The average molecular weight is 310 g/mol. The van der Waals surface area contributed by atoms with Gasteiger partial charge in [0, 0.05) is 24.4 Å². The van der Waals surface area contributed by atoms with Gasteiger partial charge in [0.2, 0.25) is 15.9 Å². The molecule has 0 aliphatic rings.